The Morgan fingerprint density at radius 3 is 2.62 bits per heavy atom. The van der Waals surface area contributed by atoms with Gasteiger partial charge in [0.2, 0.25) is 0 Å². The van der Waals surface area contributed by atoms with Crippen molar-refractivity contribution in [1.29, 1.82) is 0 Å². The number of nitrogens with zero attached hydrogens (tertiary/aromatic N) is 2. The lowest BCUT2D eigenvalue weighted by molar-refractivity contribution is -0.0327. The molecule has 0 fully saturated rings. The van der Waals surface area contributed by atoms with Gasteiger partial charge in [-0.3, -0.25) is 14.8 Å². The van der Waals surface area contributed by atoms with Crippen molar-refractivity contribution in [3.8, 4) is 11.8 Å². The van der Waals surface area contributed by atoms with Gasteiger partial charge in [0.1, 0.15) is 5.82 Å². The van der Waals surface area contributed by atoms with Crippen LogP contribution < -0.4 is 5.73 Å². The van der Waals surface area contributed by atoms with Crippen molar-refractivity contribution in [2.45, 2.75) is 0 Å². The SMILES string of the molecule is Nc1ncc2ccc(Cl)cc2c1C#Cc1ccc2c(c1)C(=O)N(O)C2=O. The van der Waals surface area contributed by atoms with Crippen molar-refractivity contribution in [2.75, 3.05) is 5.73 Å². The number of benzene rings is 2. The van der Waals surface area contributed by atoms with Crippen molar-refractivity contribution >= 4 is 40.0 Å². The zero-order valence-electron chi connectivity index (χ0n) is 13.2. The summed E-state index contributed by atoms with van der Waals surface area (Å²) in [6.07, 6.45) is 1.64. The molecule has 0 saturated heterocycles. The average Bonchev–Trinajstić information content (AvgIpc) is 2.85. The van der Waals surface area contributed by atoms with E-state index in [4.69, 9.17) is 17.3 Å². The van der Waals surface area contributed by atoms with Crippen molar-refractivity contribution < 1.29 is 14.8 Å². The predicted octanol–water partition coefficient (Wildman–Crippen LogP) is 2.86. The van der Waals surface area contributed by atoms with Crippen LogP contribution in [-0.4, -0.2) is 27.1 Å². The first-order valence-corrected chi connectivity index (χ1v) is 7.91. The second-order valence-electron chi connectivity index (χ2n) is 5.68. The van der Waals surface area contributed by atoms with Crippen LogP contribution >= 0.6 is 11.6 Å². The van der Waals surface area contributed by atoms with Gasteiger partial charge >= 0.3 is 0 Å². The van der Waals surface area contributed by atoms with E-state index in [-0.39, 0.29) is 22.0 Å². The first-order chi connectivity index (χ1) is 12.5. The summed E-state index contributed by atoms with van der Waals surface area (Å²) < 4.78 is 0. The molecule has 0 saturated carbocycles. The summed E-state index contributed by atoms with van der Waals surface area (Å²) in [7, 11) is 0. The third-order valence-electron chi connectivity index (χ3n) is 4.08. The van der Waals surface area contributed by atoms with Crippen LogP contribution in [0.3, 0.4) is 0 Å². The Labute approximate surface area is 152 Å². The molecule has 6 nitrogen and oxygen atoms in total. The van der Waals surface area contributed by atoms with Crippen LogP contribution in [0.2, 0.25) is 5.02 Å². The molecule has 2 aromatic carbocycles. The second kappa shape index (κ2) is 5.85. The minimum Gasteiger partial charge on any atom is -0.383 e. The fourth-order valence-corrected chi connectivity index (χ4v) is 2.94. The Morgan fingerprint density at radius 2 is 1.81 bits per heavy atom. The number of aromatic nitrogens is 1. The first-order valence-electron chi connectivity index (χ1n) is 7.53. The zero-order chi connectivity index (χ0) is 18.4. The number of rotatable bonds is 0. The number of hydrogen-bond acceptors (Lipinski definition) is 5. The molecular formula is C19H10ClN3O3. The second-order valence-corrected chi connectivity index (χ2v) is 6.12. The Morgan fingerprint density at radius 1 is 1.04 bits per heavy atom. The number of hydroxylamine groups is 2. The highest BCUT2D eigenvalue weighted by Gasteiger charge is 2.34. The Balaban J connectivity index is 1.82. The van der Waals surface area contributed by atoms with Crippen molar-refractivity contribution in [1.82, 2.24) is 10.0 Å². The summed E-state index contributed by atoms with van der Waals surface area (Å²) in [6, 6.07) is 9.84. The van der Waals surface area contributed by atoms with Gasteiger partial charge in [-0.15, -0.1) is 5.06 Å². The molecule has 7 heteroatoms. The number of carbonyl (C=O) groups is 2. The summed E-state index contributed by atoms with van der Waals surface area (Å²) >= 11 is 6.06. The number of imide groups is 1. The van der Waals surface area contributed by atoms with Crippen molar-refractivity contribution in [2.24, 2.45) is 0 Å². The minimum absolute atomic E-state index is 0.0937. The number of amides is 2. The van der Waals surface area contributed by atoms with Gasteiger partial charge < -0.3 is 5.73 Å². The van der Waals surface area contributed by atoms with Gasteiger partial charge in [0.05, 0.1) is 16.7 Å². The fourth-order valence-electron chi connectivity index (χ4n) is 2.77. The van der Waals surface area contributed by atoms with Crippen LogP contribution in [0, 0.1) is 11.8 Å². The van der Waals surface area contributed by atoms with E-state index in [1.165, 1.54) is 12.1 Å². The monoisotopic (exact) mass is 363 g/mol. The molecule has 3 aromatic rings. The smallest absolute Gasteiger partial charge is 0.285 e. The summed E-state index contributed by atoms with van der Waals surface area (Å²) in [5.41, 5.74) is 7.23. The van der Waals surface area contributed by atoms with Gasteiger partial charge in [0.15, 0.2) is 0 Å². The number of pyridine rings is 1. The third-order valence-corrected chi connectivity index (χ3v) is 4.32. The van der Waals surface area contributed by atoms with Crippen molar-refractivity contribution in [3.05, 3.63) is 69.9 Å². The number of anilines is 1. The maximum atomic E-state index is 11.9. The number of fused-ring (bicyclic) bond motifs is 2. The number of hydrogen-bond donors (Lipinski definition) is 2. The van der Waals surface area contributed by atoms with Crippen LogP contribution in [0.5, 0.6) is 0 Å². The lowest BCUT2D eigenvalue weighted by Crippen LogP contribution is -2.25. The molecule has 0 radical (unpaired) electrons. The van der Waals surface area contributed by atoms with E-state index in [9.17, 15) is 14.8 Å². The van der Waals surface area contributed by atoms with E-state index in [2.05, 4.69) is 16.8 Å². The Bertz CT molecular complexity index is 1170. The van der Waals surface area contributed by atoms with Crippen molar-refractivity contribution in [3.63, 3.8) is 0 Å². The van der Waals surface area contributed by atoms with Crippen LogP contribution in [0.15, 0.2) is 42.6 Å². The summed E-state index contributed by atoms with van der Waals surface area (Å²) in [5.74, 6) is 4.62. The predicted molar refractivity (Wildman–Crippen MR) is 95.9 cm³/mol. The van der Waals surface area contributed by atoms with E-state index < -0.39 is 11.8 Å². The van der Waals surface area contributed by atoms with Gasteiger partial charge in [-0.25, -0.2) is 4.98 Å². The maximum absolute atomic E-state index is 11.9. The quantitative estimate of drug-likeness (QED) is 0.363. The number of nitrogens with two attached hydrogens (primary N) is 1. The third kappa shape index (κ3) is 2.47. The normalized spacial score (nSPS) is 12.9. The molecule has 126 valence electrons. The molecule has 4 rings (SSSR count). The average molecular weight is 364 g/mol. The Kier molecular flexibility index (Phi) is 3.62. The molecule has 0 spiro atoms. The van der Waals surface area contributed by atoms with E-state index in [0.717, 1.165) is 10.8 Å². The van der Waals surface area contributed by atoms with Gasteiger partial charge in [-0.05, 0) is 30.3 Å². The highest BCUT2D eigenvalue weighted by Crippen LogP contribution is 2.25. The van der Waals surface area contributed by atoms with E-state index in [0.29, 0.717) is 16.1 Å². The Hall–Kier alpha value is -3.40. The summed E-state index contributed by atoms with van der Waals surface area (Å²) in [6.45, 7) is 0. The largest absolute Gasteiger partial charge is 0.383 e. The highest BCUT2D eigenvalue weighted by atomic mass is 35.5. The van der Waals surface area contributed by atoms with Crippen LogP contribution in [-0.2, 0) is 0 Å². The molecule has 1 aliphatic heterocycles. The lowest BCUT2D eigenvalue weighted by atomic mass is 10.0. The number of halogens is 1. The van der Waals surface area contributed by atoms with Gasteiger partial charge in [-0.2, -0.15) is 0 Å². The first kappa shape index (κ1) is 16.1. The van der Waals surface area contributed by atoms with Gasteiger partial charge in [-0.1, -0.05) is 29.5 Å². The number of nitrogen functional groups attached to an aromatic ring is 1. The molecule has 0 bridgehead atoms. The topological polar surface area (TPSA) is 96.5 Å². The molecule has 3 N–H and O–H groups in total. The van der Waals surface area contributed by atoms with E-state index in [1.54, 1.807) is 24.4 Å². The van der Waals surface area contributed by atoms with E-state index in [1.807, 2.05) is 6.07 Å². The van der Waals surface area contributed by atoms with Crippen LogP contribution in [0.4, 0.5) is 5.82 Å². The molecule has 2 amide bonds. The standard InChI is InChI=1S/C19H10ClN3O3/c20-12-4-3-11-9-22-17(21)13(15(11)8-12)5-1-10-2-6-14-16(7-10)19(25)23(26)18(14)24/h2-4,6-9,26H,(H2,21,22). The molecule has 26 heavy (non-hydrogen) atoms. The molecular weight excluding hydrogens is 354 g/mol. The molecule has 1 aromatic heterocycles. The lowest BCUT2D eigenvalue weighted by Gasteiger charge is -2.04. The molecule has 0 unspecified atom stereocenters. The van der Waals surface area contributed by atoms with Gasteiger partial charge in [0, 0.05) is 27.6 Å². The fraction of sp³-hybridized carbons (Fsp3) is 0. The molecule has 0 atom stereocenters. The summed E-state index contributed by atoms with van der Waals surface area (Å²) in [4.78, 5) is 27.7. The molecule has 2 heterocycles. The summed E-state index contributed by atoms with van der Waals surface area (Å²) in [5, 5.41) is 11.7. The highest BCUT2D eigenvalue weighted by molar-refractivity contribution is 6.31. The number of carbonyl (C=O) groups excluding carboxylic acids is 2. The zero-order valence-corrected chi connectivity index (χ0v) is 13.9. The molecule has 0 aliphatic carbocycles. The minimum atomic E-state index is -0.772. The molecule has 1 aliphatic rings. The van der Waals surface area contributed by atoms with Crippen LogP contribution in [0.25, 0.3) is 10.8 Å². The van der Waals surface area contributed by atoms with Gasteiger partial charge in [0.25, 0.3) is 11.8 Å². The maximum Gasteiger partial charge on any atom is 0.285 e. The van der Waals surface area contributed by atoms with Crippen LogP contribution in [0.1, 0.15) is 31.8 Å². The van der Waals surface area contributed by atoms with E-state index >= 15 is 0 Å².